The number of aromatic nitrogens is 2. The first-order valence-corrected chi connectivity index (χ1v) is 7.76. The van der Waals surface area contributed by atoms with Gasteiger partial charge in [0.25, 0.3) is 0 Å². The fourth-order valence-corrected chi connectivity index (χ4v) is 2.47. The van der Waals surface area contributed by atoms with Crippen LogP contribution in [-0.4, -0.2) is 17.1 Å². The van der Waals surface area contributed by atoms with Crippen molar-refractivity contribution >= 4 is 34.6 Å². The molecule has 1 aromatic heterocycles. The average molecular weight is 352 g/mol. The highest BCUT2D eigenvalue weighted by molar-refractivity contribution is 6.32. The van der Waals surface area contributed by atoms with E-state index in [4.69, 9.17) is 21.6 Å². The molecule has 0 atom stereocenters. The van der Waals surface area contributed by atoms with Gasteiger partial charge in [-0.05, 0) is 30.3 Å². The van der Waals surface area contributed by atoms with Gasteiger partial charge in [0.2, 0.25) is 0 Å². The first-order valence-electron chi connectivity index (χ1n) is 7.38. The minimum absolute atomic E-state index is 0.503. The van der Waals surface area contributed by atoms with E-state index in [1.165, 1.54) is 6.33 Å². The summed E-state index contributed by atoms with van der Waals surface area (Å²) in [5, 5.41) is 15.9. The van der Waals surface area contributed by atoms with Crippen LogP contribution < -0.4 is 15.4 Å². The molecule has 1 heterocycles. The molecule has 0 spiro atoms. The van der Waals surface area contributed by atoms with E-state index in [0.717, 1.165) is 5.69 Å². The first-order chi connectivity index (χ1) is 12.2. The quantitative estimate of drug-likeness (QED) is 0.704. The molecule has 7 heteroatoms. The van der Waals surface area contributed by atoms with Crippen LogP contribution in [0.5, 0.6) is 5.75 Å². The number of hydrogen-bond acceptors (Lipinski definition) is 6. The van der Waals surface area contributed by atoms with Crippen LogP contribution in [0, 0.1) is 11.3 Å². The summed E-state index contributed by atoms with van der Waals surface area (Å²) in [5.74, 6) is 1.76. The maximum atomic E-state index is 9.16. The summed E-state index contributed by atoms with van der Waals surface area (Å²) < 4.78 is 5.14. The Bertz CT molecular complexity index is 939. The lowest BCUT2D eigenvalue weighted by atomic mass is 10.2. The summed E-state index contributed by atoms with van der Waals surface area (Å²) in [6.45, 7) is 0. The number of halogens is 1. The Hall–Kier alpha value is -3.30. The first kappa shape index (κ1) is 16.6. The third-order valence-corrected chi connectivity index (χ3v) is 3.70. The fraction of sp³-hybridized carbons (Fsp3) is 0.0556. The Balaban J connectivity index is 1.80. The lowest BCUT2D eigenvalue weighted by Gasteiger charge is -2.10. The molecule has 0 aliphatic heterocycles. The lowest BCUT2D eigenvalue weighted by molar-refractivity contribution is 0.415. The Morgan fingerprint density at radius 1 is 1.04 bits per heavy atom. The highest BCUT2D eigenvalue weighted by atomic mass is 35.5. The van der Waals surface area contributed by atoms with Crippen LogP contribution in [0.1, 0.15) is 5.56 Å². The van der Waals surface area contributed by atoms with Crippen LogP contribution in [0.2, 0.25) is 5.02 Å². The van der Waals surface area contributed by atoms with E-state index in [1.54, 1.807) is 31.4 Å². The molecular formula is C18H14ClN5O. The lowest BCUT2D eigenvalue weighted by Crippen LogP contribution is -1.99. The van der Waals surface area contributed by atoms with Gasteiger partial charge in [-0.25, -0.2) is 9.97 Å². The molecule has 0 unspecified atom stereocenters. The summed E-state index contributed by atoms with van der Waals surface area (Å²) in [5.41, 5.74) is 1.99. The molecule has 2 N–H and O–H groups in total. The molecule has 3 aromatic rings. The smallest absolute Gasteiger partial charge is 0.137 e. The highest BCUT2D eigenvalue weighted by Gasteiger charge is 2.06. The number of ether oxygens (including phenoxy) is 1. The van der Waals surface area contributed by atoms with Crippen molar-refractivity contribution in [2.24, 2.45) is 0 Å². The van der Waals surface area contributed by atoms with Gasteiger partial charge in [0.05, 0.1) is 23.4 Å². The number of nitriles is 1. The molecule has 0 amide bonds. The number of hydrogen-bond donors (Lipinski definition) is 2. The number of methoxy groups -OCH3 is 1. The van der Waals surface area contributed by atoms with Gasteiger partial charge in [-0.15, -0.1) is 0 Å². The van der Waals surface area contributed by atoms with Gasteiger partial charge >= 0.3 is 0 Å². The average Bonchev–Trinajstić information content (AvgIpc) is 2.63. The Kier molecular flexibility index (Phi) is 4.97. The van der Waals surface area contributed by atoms with Crippen molar-refractivity contribution in [2.75, 3.05) is 17.7 Å². The molecule has 0 radical (unpaired) electrons. The summed E-state index contributed by atoms with van der Waals surface area (Å²) >= 11 is 6.13. The second kappa shape index (κ2) is 7.51. The van der Waals surface area contributed by atoms with Gasteiger partial charge in [0.15, 0.2) is 0 Å². The Morgan fingerprint density at radius 2 is 1.80 bits per heavy atom. The van der Waals surface area contributed by atoms with Crippen molar-refractivity contribution < 1.29 is 4.74 Å². The monoisotopic (exact) mass is 351 g/mol. The normalized spacial score (nSPS) is 9.96. The predicted molar refractivity (Wildman–Crippen MR) is 97.8 cm³/mol. The van der Waals surface area contributed by atoms with Gasteiger partial charge in [-0.1, -0.05) is 23.7 Å². The van der Waals surface area contributed by atoms with Crippen molar-refractivity contribution in [1.29, 1.82) is 5.26 Å². The van der Waals surface area contributed by atoms with E-state index >= 15 is 0 Å². The molecule has 124 valence electrons. The van der Waals surface area contributed by atoms with Gasteiger partial charge in [-0.3, -0.25) is 0 Å². The second-order valence-electron chi connectivity index (χ2n) is 5.05. The zero-order valence-electron chi connectivity index (χ0n) is 13.3. The van der Waals surface area contributed by atoms with Gasteiger partial charge in [0, 0.05) is 11.8 Å². The molecule has 0 saturated carbocycles. The third kappa shape index (κ3) is 3.97. The SMILES string of the molecule is COc1ccc(Nc2cc(Nc3ccccc3C#N)ncn2)cc1Cl. The maximum absolute atomic E-state index is 9.16. The topological polar surface area (TPSA) is 82.9 Å². The summed E-state index contributed by atoms with van der Waals surface area (Å²) in [6.07, 6.45) is 1.44. The van der Waals surface area contributed by atoms with Crippen molar-refractivity contribution in [3.05, 3.63) is 65.4 Å². The van der Waals surface area contributed by atoms with Gasteiger partial charge < -0.3 is 15.4 Å². The second-order valence-corrected chi connectivity index (χ2v) is 5.45. The zero-order chi connectivity index (χ0) is 17.6. The molecule has 3 rings (SSSR count). The van der Waals surface area contributed by atoms with Crippen molar-refractivity contribution in [3.63, 3.8) is 0 Å². The van der Waals surface area contributed by atoms with Crippen molar-refractivity contribution in [3.8, 4) is 11.8 Å². The number of para-hydroxylation sites is 1. The predicted octanol–water partition coefficient (Wildman–Crippen LogP) is 4.50. The third-order valence-electron chi connectivity index (χ3n) is 3.40. The Morgan fingerprint density at radius 3 is 2.52 bits per heavy atom. The molecule has 2 aromatic carbocycles. The summed E-state index contributed by atoms with van der Waals surface area (Å²) in [4.78, 5) is 8.37. The van der Waals surface area contributed by atoms with Crippen molar-refractivity contribution in [2.45, 2.75) is 0 Å². The molecule has 0 bridgehead atoms. The number of nitrogens with one attached hydrogen (secondary N) is 2. The van der Waals surface area contributed by atoms with Crippen molar-refractivity contribution in [1.82, 2.24) is 9.97 Å². The molecular weight excluding hydrogens is 338 g/mol. The standard InChI is InChI=1S/C18H14ClN5O/c1-25-16-7-6-13(8-14(16)19)23-17-9-18(22-11-21-17)24-15-5-3-2-4-12(15)10-20/h2-9,11H,1H3,(H2,21,22,23,24). The van der Waals surface area contributed by atoms with Gasteiger partial charge in [-0.2, -0.15) is 5.26 Å². The number of nitrogens with zero attached hydrogens (tertiary/aromatic N) is 3. The van der Waals surface area contributed by atoms with E-state index in [9.17, 15) is 0 Å². The largest absolute Gasteiger partial charge is 0.495 e. The van der Waals surface area contributed by atoms with E-state index in [1.807, 2.05) is 24.3 Å². The van der Waals surface area contributed by atoms with Crippen LogP contribution in [0.25, 0.3) is 0 Å². The number of anilines is 4. The fourth-order valence-electron chi connectivity index (χ4n) is 2.21. The summed E-state index contributed by atoms with van der Waals surface area (Å²) in [6, 6.07) is 16.5. The molecule has 25 heavy (non-hydrogen) atoms. The van der Waals surface area contributed by atoms with Crippen LogP contribution in [0.3, 0.4) is 0 Å². The maximum Gasteiger partial charge on any atom is 0.137 e. The number of benzene rings is 2. The molecule has 0 fully saturated rings. The van der Waals surface area contributed by atoms with E-state index in [0.29, 0.717) is 33.7 Å². The molecule has 0 aliphatic rings. The van der Waals surface area contributed by atoms with Crippen LogP contribution >= 0.6 is 11.6 Å². The number of rotatable bonds is 5. The summed E-state index contributed by atoms with van der Waals surface area (Å²) in [7, 11) is 1.57. The minimum atomic E-state index is 0.503. The van der Waals surface area contributed by atoms with E-state index in [2.05, 4.69) is 26.7 Å². The highest BCUT2D eigenvalue weighted by Crippen LogP contribution is 2.29. The van der Waals surface area contributed by atoms with E-state index in [-0.39, 0.29) is 0 Å². The van der Waals surface area contributed by atoms with Crippen LogP contribution in [0.4, 0.5) is 23.0 Å². The van der Waals surface area contributed by atoms with Gasteiger partial charge in [0.1, 0.15) is 29.8 Å². The molecule has 0 saturated heterocycles. The zero-order valence-corrected chi connectivity index (χ0v) is 14.1. The molecule has 6 nitrogen and oxygen atoms in total. The molecule has 0 aliphatic carbocycles. The van der Waals surface area contributed by atoms with Crippen LogP contribution in [0.15, 0.2) is 54.9 Å². The Labute approximate surface area is 150 Å². The minimum Gasteiger partial charge on any atom is -0.495 e. The van der Waals surface area contributed by atoms with Crippen LogP contribution in [-0.2, 0) is 0 Å². The van der Waals surface area contributed by atoms with E-state index < -0.39 is 0 Å².